The molecule has 0 radical (unpaired) electrons. The summed E-state index contributed by atoms with van der Waals surface area (Å²) in [6.07, 6.45) is -3.67. The second kappa shape index (κ2) is 10.5. The number of pyridine rings is 1. The van der Waals surface area contributed by atoms with Crippen molar-refractivity contribution >= 4 is 10.1 Å². The first-order valence-corrected chi connectivity index (χ1v) is 13.2. The highest BCUT2D eigenvalue weighted by Crippen LogP contribution is 2.44. The minimum absolute atomic E-state index is 0.0222. The third kappa shape index (κ3) is 5.24. The Morgan fingerprint density at radius 2 is 1.45 bits per heavy atom. The van der Waals surface area contributed by atoms with E-state index in [0.29, 0.717) is 11.1 Å². The maximum Gasteiger partial charge on any atom is 0.416 e. The van der Waals surface area contributed by atoms with E-state index in [-0.39, 0.29) is 30.0 Å². The monoisotopic (exact) mass is 619 g/mol. The number of rotatable bonds is 5. The van der Waals surface area contributed by atoms with Crippen molar-refractivity contribution in [2.75, 3.05) is 6.61 Å². The van der Waals surface area contributed by atoms with Gasteiger partial charge in [-0.05, 0) is 42.3 Å². The summed E-state index contributed by atoms with van der Waals surface area (Å²) in [5.41, 5.74) is -0.333. The van der Waals surface area contributed by atoms with Crippen LogP contribution in [0.2, 0.25) is 0 Å². The molecule has 0 N–H and O–H groups in total. The van der Waals surface area contributed by atoms with Gasteiger partial charge in [0.2, 0.25) is 34.8 Å². The van der Waals surface area contributed by atoms with Crippen molar-refractivity contribution in [1.29, 1.82) is 0 Å². The molecule has 0 saturated carbocycles. The molecular formula is C27H14F9NO4S. The predicted molar refractivity (Wildman–Crippen MR) is 127 cm³/mol. The van der Waals surface area contributed by atoms with E-state index in [1.54, 1.807) is 0 Å². The van der Waals surface area contributed by atoms with E-state index >= 15 is 0 Å². The average Bonchev–Trinajstić information content (AvgIpc) is 2.96. The third-order valence-electron chi connectivity index (χ3n) is 6.44. The molecule has 5 rings (SSSR count). The predicted octanol–water partition coefficient (Wildman–Crippen LogP) is 7.28. The molecular weight excluding hydrogens is 605 g/mol. The molecule has 3 aromatic carbocycles. The van der Waals surface area contributed by atoms with Gasteiger partial charge in [0, 0.05) is 23.1 Å². The van der Waals surface area contributed by atoms with Crippen molar-refractivity contribution < 1.29 is 56.9 Å². The van der Waals surface area contributed by atoms with Gasteiger partial charge < -0.3 is 8.92 Å². The molecule has 0 aliphatic carbocycles. The van der Waals surface area contributed by atoms with Crippen LogP contribution in [0.4, 0.5) is 39.5 Å². The molecule has 2 heterocycles. The first kappa shape index (κ1) is 29.2. The normalized spacial score (nSPS) is 15.2. The maximum absolute atomic E-state index is 14.0. The highest BCUT2D eigenvalue weighted by molar-refractivity contribution is 7.87. The van der Waals surface area contributed by atoms with E-state index in [4.69, 9.17) is 4.74 Å². The van der Waals surface area contributed by atoms with Gasteiger partial charge in [-0.2, -0.15) is 30.4 Å². The second-order valence-corrected chi connectivity index (χ2v) is 10.5. The molecule has 1 atom stereocenters. The van der Waals surface area contributed by atoms with Gasteiger partial charge in [-0.15, -0.1) is 0 Å². The molecule has 15 heteroatoms. The minimum Gasteiger partial charge on any atom is -0.493 e. The van der Waals surface area contributed by atoms with Crippen molar-refractivity contribution in [2.45, 2.75) is 23.4 Å². The molecule has 220 valence electrons. The van der Waals surface area contributed by atoms with Crippen molar-refractivity contribution in [3.8, 4) is 22.8 Å². The van der Waals surface area contributed by atoms with Crippen LogP contribution < -0.4 is 8.92 Å². The van der Waals surface area contributed by atoms with Gasteiger partial charge in [-0.3, -0.25) is 4.98 Å². The Hall–Kier alpha value is -4.27. The van der Waals surface area contributed by atoms with E-state index in [0.717, 1.165) is 36.5 Å². The molecule has 0 fully saturated rings. The topological polar surface area (TPSA) is 65.5 Å². The van der Waals surface area contributed by atoms with E-state index < -0.39 is 73.3 Å². The van der Waals surface area contributed by atoms with Crippen LogP contribution in [0.1, 0.15) is 29.0 Å². The summed E-state index contributed by atoms with van der Waals surface area (Å²) >= 11 is 0. The number of ether oxygens (including phenoxy) is 1. The maximum atomic E-state index is 14.0. The lowest BCUT2D eigenvalue weighted by molar-refractivity contribution is -0.137. The van der Waals surface area contributed by atoms with Crippen LogP contribution in [0, 0.1) is 34.9 Å². The first-order chi connectivity index (χ1) is 19.7. The number of halogens is 9. The fourth-order valence-corrected chi connectivity index (χ4v) is 5.41. The Labute approximate surface area is 231 Å². The summed E-state index contributed by atoms with van der Waals surface area (Å²) in [5.74, 6) is -15.9. The van der Waals surface area contributed by atoms with Gasteiger partial charge in [0.25, 0.3) is 0 Å². The Balaban J connectivity index is 1.56. The zero-order valence-corrected chi connectivity index (χ0v) is 21.4. The number of fused-ring (bicyclic) bond motifs is 1. The standard InChI is InChI=1S/C27H14F9NO4S/c28-13-2-6-19(37-11-13)18-9-12(27(34,35)36)1-4-15(18)16-7-8-40-20-10-14(3-5-17(16)20)42(38,39)41-26-24(32)22(30)21(29)23(31)25(26)33/h1-6,9-11,16H,7-8H2. The number of alkyl halides is 3. The molecule has 42 heavy (non-hydrogen) atoms. The van der Waals surface area contributed by atoms with Gasteiger partial charge in [0.15, 0.2) is 0 Å². The lowest BCUT2D eigenvalue weighted by Gasteiger charge is -2.28. The van der Waals surface area contributed by atoms with E-state index in [9.17, 15) is 47.9 Å². The third-order valence-corrected chi connectivity index (χ3v) is 7.65. The van der Waals surface area contributed by atoms with Crippen LogP contribution in [0.25, 0.3) is 11.3 Å². The largest absolute Gasteiger partial charge is 0.493 e. The second-order valence-electron chi connectivity index (χ2n) is 8.99. The van der Waals surface area contributed by atoms with Crippen LogP contribution in [-0.4, -0.2) is 20.0 Å². The van der Waals surface area contributed by atoms with Crippen LogP contribution in [0.15, 0.2) is 59.6 Å². The van der Waals surface area contributed by atoms with Crippen molar-refractivity contribution in [2.24, 2.45) is 0 Å². The summed E-state index contributed by atoms with van der Waals surface area (Å²) in [6, 6.07) is 8.10. The van der Waals surface area contributed by atoms with Crippen LogP contribution >= 0.6 is 0 Å². The molecule has 1 aliphatic heterocycles. The zero-order chi connectivity index (χ0) is 30.6. The van der Waals surface area contributed by atoms with Gasteiger partial charge in [0.1, 0.15) is 16.5 Å². The number of aromatic nitrogens is 1. The molecule has 1 aromatic heterocycles. The summed E-state index contributed by atoms with van der Waals surface area (Å²) in [7, 11) is -5.18. The highest BCUT2D eigenvalue weighted by Gasteiger charge is 2.35. The highest BCUT2D eigenvalue weighted by atomic mass is 32.2. The van der Waals surface area contributed by atoms with Crippen molar-refractivity contribution in [3.05, 3.63) is 106 Å². The molecule has 0 saturated heterocycles. The van der Waals surface area contributed by atoms with Crippen LogP contribution in [0.3, 0.4) is 0 Å². The molecule has 1 aliphatic rings. The van der Waals surface area contributed by atoms with Gasteiger partial charge in [0.05, 0.1) is 24.1 Å². The lowest BCUT2D eigenvalue weighted by atomic mass is 9.83. The average molecular weight is 619 g/mol. The van der Waals surface area contributed by atoms with Crippen LogP contribution in [-0.2, 0) is 16.3 Å². The Kier molecular flexibility index (Phi) is 7.33. The van der Waals surface area contributed by atoms with Gasteiger partial charge in [-0.1, -0.05) is 12.1 Å². The number of benzene rings is 3. The van der Waals surface area contributed by atoms with Crippen molar-refractivity contribution in [1.82, 2.24) is 4.98 Å². The van der Waals surface area contributed by atoms with Gasteiger partial charge >= 0.3 is 16.3 Å². The number of nitrogens with zero attached hydrogens (tertiary/aromatic N) is 1. The Bertz CT molecular complexity index is 1780. The van der Waals surface area contributed by atoms with E-state index in [1.807, 2.05) is 0 Å². The lowest BCUT2D eigenvalue weighted by Crippen LogP contribution is -2.18. The fourth-order valence-electron chi connectivity index (χ4n) is 4.46. The van der Waals surface area contributed by atoms with Gasteiger partial charge in [-0.25, -0.2) is 17.6 Å². The molecule has 1 unspecified atom stereocenters. The summed E-state index contributed by atoms with van der Waals surface area (Å²) < 4.78 is 158. The molecule has 0 spiro atoms. The van der Waals surface area contributed by atoms with E-state index in [2.05, 4.69) is 9.17 Å². The zero-order valence-electron chi connectivity index (χ0n) is 20.6. The number of hydrogen-bond acceptors (Lipinski definition) is 5. The Morgan fingerprint density at radius 3 is 2.07 bits per heavy atom. The smallest absolute Gasteiger partial charge is 0.416 e. The first-order valence-electron chi connectivity index (χ1n) is 11.7. The summed E-state index contributed by atoms with van der Waals surface area (Å²) in [5, 5.41) is 0. The SMILES string of the molecule is O=S(=O)(Oc1c(F)c(F)c(F)c(F)c1F)c1ccc2c(c1)OCCC2c1ccc(C(F)(F)F)cc1-c1ccc(F)cn1. The van der Waals surface area contributed by atoms with Crippen molar-refractivity contribution in [3.63, 3.8) is 0 Å². The van der Waals surface area contributed by atoms with Crippen LogP contribution in [0.5, 0.6) is 11.5 Å². The fraction of sp³-hybridized carbons (Fsp3) is 0.148. The molecule has 0 bridgehead atoms. The Morgan fingerprint density at radius 1 is 0.810 bits per heavy atom. The quantitative estimate of drug-likeness (QED) is 0.102. The van der Waals surface area contributed by atoms with E-state index in [1.165, 1.54) is 18.2 Å². The molecule has 5 nitrogen and oxygen atoms in total. The minimum atomic E-state index is -5.18. The molecule has 0 amide bonds. The number of hydrogen-bond donors (Lipinski definition) is 0. The molecule has 4 aromatic rings. The summed E-state index contributed by atoms with van der Waals surface area (Å²) in [4.78, 5) is 3.11. The summed E-state index contributed by atoms with van der Waals surface area (Å²) in [6.45, 7) is -0.0586.